The summed E-state index contributed by atoms with van der Waals surface area (Å²) in [6, 6.07) is 19.2. The fraction of sp³-hybridized carbons (Fsp3) is 0. The molecule has 3 heteroatoms. The van der Waals surface area contributed by atoms with E-state index in [-0.39, 0.29) is 22.8 Å². The Balaban J connectivity index is 2.16. The molecule has 0 fully saturated rings. The van der Waals surface area contributed by atoms with Gasteiger partial charge in [-0.15, -0.1) is 0 Å². The summed E-state index contributed by atoms with van der Waals surface area (Å²) in [7, 11) is 0. The molecule has 0 bridgehead atoms. The van der Waals surface area contributed by atoms with Crippen molar-refractivity contribution in [3.63, 3.8) is 0 Å². The number of phenolic OH excluding ortho intramolecular Hbond substituents is 3. The van der Waals surface area contributed by atoms with Gasteiger partial charge in [-0.25, -0.2) is 0 Å². The molecule has 0 radical (unpaired) electrons. The zero-order valence-corrected chi connectivity index (χ0v) is 11.2. The molecule has 0 aliphatic heterocycles. The predicted octanol–water partition coefficient (Wildman–Crippen LogP) is 4.14. The zero-order chi connectivity index (χ0) is 14.8. The van der Waals surface area contributed by atoms with Crippen molar-refractivity contribution in [1.29, 1.82) is 0 Å². The van der Waals surface area contributed by atoms with Gasteiger partial charge in [0.1, 0.15) is 17.2 Å². The fourth-order valence-corrected chi connectivity index (χ4v) is 2.37. The van der Waals surface area contributed by atoms with E-state index in [0.717, 1.165) is 5.56 Å². The van der Waals surface area contributed by atoms with Gasteiger partial charge in [0.05, 0.1) is 5.56 Å². The van der Waals surface area contributed by atoms with E-state index >= 15 is 0 Å². The first kappa shape index (κ1) is 13.1. The average Bonchev–Trinajstić information content (AvgIpc) is 2.49. The van der Waals surface area contributed by atoms with Crippen molar-refractivity contribution in [2.24, 2.45) is 0 Å². The maximum Gasteiger partial charge on any atom is 0.127 e. The molecule has 21 heavy (non-hydrogen) atoms. The molecule has 0 aliphatic carbocycles. The number of benzene rings is 3. The van der Waals surface area contributed by atoms with Gasteiger partial charge in [-0.3, -0.25) is 0 Å². The second-order valence-corrected chi connectivity index (χ2v) is 4.77. The molecular formula is C18H14O3. The molecule has 0 spiro atoms. The lowest BCUT2D eigenvalue weighted by Gasteiger charge is -2.12. The third-order valence-corrected chi connectivity index (χ3v) is 3.38. The minimum atomic E-state index is -0.0737. The Morgan fingerprint density at radius 3 is 1.71 bits per heavy atom. The summed E-state index contributed by atoms with van der Waals surface area (Å²) in [6.45, 7) is 0. The van der Waals surface area contributed by atoms with Crippen LogP contribution in [0.3, 0.4) is 0 Å². The van der Waals surface area contributed by atoms with Gasteiger partial charge in [0, 0.05) is 5.56 Å². The summed E-state index contributed by atoms with van der Waals surface area (Å²) in [5.74, 6) is -0.138. The Kier molecular flexibility index (Phi) is 3.24. The van der Waals surface area contributed by atoms with Gasteiger partial charge in [0.25, 0.3) is 0 Å². The van der Waals surface area contributed by atoms with Crippen LogP contribution in [0.15, 0.2) is 66.7 Å². The van der Waals surface area contributed by atoms with Crippen LogP contribution in [0.5, 0.6) is 17.2 Å². The van der Waals surface area contributed by atoms with Crippen molar-refractivity contribution in [3.05, 3.63) is 66.7 Å². The molecule has 0 saturated heterocycles. The van der Waals surface area contributed by atoms with E-state index in [1.165, 1.54) is 6.07 Å². The molecule has 3 aromatic rings. The number of phenols is 3. The van der Waals surface area contributed by atoms with Crippen molar-refractivity contribution in [2.75, 3.05) is 0 Å². The highest BCUT2D eigenvalue weighted by Crippen LogP contribution is 2.43. The van der Waals surface area contributed by atoms with Gasteiger partial charge in [-0.1, -0.05) is 48.5 Å². The molecule has 104 valence electrons. The Morgan fingerprint density at radius 1 is 0.524 bits per heavy atom. The zero-order valence-electron chi connectivity index (χ0n) is 11.2. The molecule has 0 atom stereocenters. The summed E-state index contributed by atoms with van der Waals surface area (Å²) in [4.78, 5) is 0. The first-order valence-corrected chi connectivity index (χ1v) is 6.56. The van der Waals surface area contributed by atoms with Crippen molar-refractivity contribution in [3.8, 4) is 39.5 Å². The summed E-state index contributed by atoms with van der Waals surface area (Å²) >= 11 is 0. The topological polar surface area (TPSA) is 60.7 Å². The van der Waals surface area contributed by atoms with Gasteiger partial charge < -0.3 is 15.3 Å². The SMILES string of the molecule is Oc1ccccc1-c1c(O)cc(-c2ccccc2)cc1O. The molecule has 3 N–H and O–H groups in total. The number of rotatable bonds is 2. The minimum Gasteiger partial charge on any atom is -0.507 e. The van der Waals surface area contributed by atoms with Crippen LogP contribution in [0.2, 0.25) is 0 Å². The molecule has 3 nitrogen and oxygen atoms in total. The standard InChI is InChI=1S/C18H14O3/c19-15-9-5-4-8-14(15)18-16(20)10-13(11-17(18)21)12-6-2-1-3-7-12/h1-11,19-21H. The normalized spacial score (nSPS) is 10.5. The number of hydrogen-bond donors (Lipinski definition) is 3. The molecule has 3 aromatic carbocycles. The molecule has 3 rings (SSSR count). The van der Waals surface area contributed by atoms with Crippen molar-refractivity contribution in [2.45, 2.75) is 0 Å². The second-order valence-electron chi connectivity index (χ2n) is 4.77. The van der Waals surface area contributed by atoms with Crippen molar-refractivity contribution in [1.82, 2.24) is 0 Å². The van der Waals surface area contributed by atoms with E-state index in [2.05, 4.69) is 0 Å². The fourth-order valence-electron chi connectivity index (χ4n) is 2.37. The molecule has 0 unspecified atom stereocenters. The minimum absolute atomic E-state index is 0.00978. The molecule has 0 heterocycles. The summed E-state index contributed by atoms with van der Waals surface area (Å²) < 4.78 is 0. The highest BCUT2D eigenvalue weighted by molar-refractivity contribution is 5.84. The molecule has 0 amide bonds. The van der Waals surface area contributed by atoms with Gasteiger partial charge >= 0.3 is 0 Å². The molecule has 0 aliphatic rings. The van der Waals surface area contributed by atoms with Crippen molar-refractivity contribution >= 4 is 0 Å². The van der Waals surface area contributed by atoms with Crippen LogP contribution in [0.25, 0.3) is 22.3 Å². The Labute approximate surface area is 122 Å². The highest BCUT2D eigenvalue weighted by Gasteiger charge is 2.15. The average molecular weight is 278 g/mol. The van der Waals surface area contributed by atoms with Crippen LogP contribution >= 0.6 is 0 Å². The lowest BCUT2D eigenvalue weighted by molar-refractivity contribution is 0.450. The van der Waals surface area contributed by atoms with Crippen LogP contribution in [-0.2, 0) is 0 Å². The summed E-state index contributed by atoms with van der Waals surface area (Å²) in [5, 5.41) is 30.4. The van der Waals surface area contributed by atoms with E-state index in [1.807, 2.05) is 30.3 Å². The lowest BCUT2D eigenvalue weighted by Crippen LogP contribution is -1.85. The van der Waals surface area contributed by atoms with Gasteiger partial charge in [-0.05, 0) is 29.3 Å². The number of aromatic hydroxyl groups is 3. The van der Waals surface area contributed by atoms with E-state index in [1.54, 1.807) is 30.3 Å². The molecule has 0 aromatic heterocycles. The number of para-hydroxylation sites is 1. The van der Waals surface area contributed by atoms with Gasteiger partial charge in [0.15, 0.2) is 0 Å². The third kappa shape index (κ3) is 2.41. The lowest BCUT2D eigenvalue weighted by atomic mass is 9.97. The van der Waals surface area contributed by atoms with E-state index < -0.39 is 0 Å². The Hall–Kier alpha value is -2.94. The van der Waals surface area contributed by atoms with Crippen LogP contribution in [0, 0.1) is 0 Å². The Bertz CT molecular complexity index is 756. The van der Waals surface area contributed by atoms with Crippen molar-refractivity contribution < 1.29 is 15.3 Å². The van der Waals surface area contributed by atoms with Crippen LogP contribution < -0.4 is 0 Å². The summed E-state index contributed by atoms with van der Waals surface area (Å²) in [5.41, 5.74) is 2.23. The third-order valence-electron chi connectivity index (χ3n) is 3.38. The molecular weight excluding hydrogens is 264 g/mol. The van der Waals surface area contributed by atoms with E-state index in [4.69, 9.17) is 0 Å². The highest BCUT2D eigenvalue weighted by atomic mass is 16.3. The predicted molar refractivity (Wildman–Crippen MR) is 82.3 cm³/mol. The smallest absolute Gasteiger partial charge is 0.127 e. The van der Waals surface area contributed by atoms with Crippen LogP contribution in [-0.4, -0.2) is 15.3 Å². The maximum absolute atomic E-state index is 10.2. The van der Waals surface area contributed by atoms with Crippen LogP contribution in [0.1, 0.15) is 0 Å². The maximum atomic E-state index is 10.2. The van der Waals surface area contributed by atoms with E-state index in [9.17, 15) is 15.3 Å². The van der Waals surface area contributed by atoms with E-state index in [0.29, 0.717) is 11.1 Å². The van der Waals surface area contributed by atoms with Gasteiger partial charge in [-0.2, -0.15) is 0 Å². The van der Waals surface area contributed by atoms with Gasteiger partial charge in [0.2, 0.25) is 0 Å². The van der Waals surface area contributed by atoms with Crippen LogP contribution in [0.4, 0.5) is 0 Å². The Morgan fingerprint density at radius 2 is 1.10 bits per heavy atom. The molecule has 0 saturated carbocycles. The second kappa shape index (κ2) is 5.21. The first-order chi connectivity index (χ1) is 10.2. The largest absolute Gasteiger partial charge is 0.507 e. The first-order valence-electron chi connectivity index (χ1n) is 6.56. The summed E-state index contributed by atoms with van der Waals surface area (Å²) in [6.07, 6.45) is 0. The quantitative estimate of drug-likeness (QED) is 0.660. The number of hydrogen-bond acceptors (Lipinski definition) is 3. The monoisotopic (exact) mass is 278 g/mol.